The largest absolute Gasteiger partial charge is 0.480 e. The van der Waals surface area contributed by atoms with Crippen molar-refractivity contribution in [3.63, 3.8) is 0 Å². The van der Waals surface area contributed by atoms with Crippen molar-refractivity contribution in [2.24, 2.45) is 17.6 Å². The van der Waals surface area contributed by atoms with Crippen molar-refractivity contribution in [3.8, 4) is 0 Å². The van der Waals surface area contributed by atoms with Crippen molar-refractivity contribution in [2.45, 2.75) is 71.1 Å². The summed E-state index contributed by atoms with van der Waals surface area (Å²) in [6.07, 6.45) is 5.44. The number of amides is 3. The smallest absolute Gasteiger partial charge is 0.326 e. The van der Waals surface area contributed by atoms with Gasteiger partial charge in [-0.2, -0.15) is 0 Å². The minimum Gasteiger partial charge on any atom is -0.480 e. The van der Waals surface area contributed by atoms with E-state index in [2.05, 4.69) is 30.9 Å². The van der Waals surface area contributed by atoms with E-state index in [1.807, 2.05) is 38.1 Å². The van der Waals surface area contributed by atoms with Crippen LogP contribution >= 0.6 is 0 Å². The first kappa shape index (κ1) is 30.4. The lowest BCUT2D eigenvalue weighted by molar-refractivity contribution is -0.143. The molecule has 3 rings (SSSR count). The van der Waals surface area contributed by atoms with Crippen LogP contribution in [-0.4, -0.2) is 67.9 Å². The standard InChI is InChI=1S/C28H39N7O5/c1-15(2)9-22(33-25(36)20(29)11-18-13-30-14-32-18)26(37)34-23(27(38)35-24(16(3)4)28(39)40)10-17-12-31-21-8-6-5-7-19(17)21/h5-8,12-16,20,22-24,31H,9-11,29H2,1-4H3,(H,30,32)(H,33,36)(H,34,37)(H,35,38)(H,39,40). The van der Waals surface area contributed by atoms with Crippen LogP contribution < -0.4 is 21.7 Å². The number of benzene rings is 1. The van der Waals surface area contributed by atoms with Crippen LogP contribution in [0.4, 0.5) is 0 Å². The molecular formula is C28H39N7O5. The average molecular weight is 554 g/mol. The predicted octanol–water partition coefficient (Wildman–Crippen LogP) is 1.24. The van der Waals surface area contributed by atoms with Gasteiger partial charge in [0.25, 0.3) is 0 Å². The highest BCUT2D eigenvalue weighted by Gasteiger charge is 2.32. The zero-order valence-corrected chi connectivity index (χ0v) is 23.2. The van der Waals surface area contributed by atoms with E-state index in [0.717, 1.165) is 16.5 Å². The van der Waals surface area contributed by atoms with Gasteiger partial charge < -0.3 is 36.8 Å². The summed E-state index contributed by atoms with van der Waals surface area (Å²) >= 11 is 0. The third-order valence-electron chi connectivity index (χ3n) is 6.63. The Bertz CT molecular complexity index is 1300. The number of fused-ring (bicyclic) bond motifs is 1. The summed E-state index contributed by atoms with van der Waals surface area (Å²) in [5, 5.41) is 18.6. The van der Waals surface area contributed by atoms with E-state index < -0.39 is 47.9 Å². The van der Waals surface area contributed by atoms with Gasteiger partial charge in [0.15, 0.2) is 0 Å². The number of nitrogens with zero attached hydrogens (tertiary/aromatic N) is 1. The normalized spacial score (nSPS) is 14.5. The molecule has 2 heterocycles. The van der Waals surface area contributed by atoms with E-state index in [9.17, 15) is 24.3 Å². The van der Waals surface area contributed by atoms with Crippen LogP contribution in [0.15, 0.2) is 43.0 Å². The van der Waals surface area contributed by atoms with Crippen molar-refractivity contribution in [1.82, 2.24) is 30.9 Å². The van der Waals surface area contributed by atoms with Crippen molar-refractivity contribution in [1.29, 1.82) is 0 Å². The van der Waals surface area contributed by atoms with Gasteiger partial charge in [-0.05, 0) is 29.9 Å². The molecule has 0 aliphatic heterocycles. The summed E-state index contributed by atoms with van der Waals surface area (Å²) in [5.74, 6) is -3.22. The number of rotatable bonds is 14. The number of nitrogens with one attached hydrogen (secondary N) is 5. The Morgan fingerprint density at radius 1 is 0.925 bits per heavy atom. The quantitative estimate of drug-likeness (QED) is 0.156. The van der Waals surface area contributed by atoms with Crippen LogP contribution in [0.1, 0.15) is 45.4 Å². The zero-order valence-electron chi connectivity index (χ0n) is 23.2. The molecule has 0 spiro atoms. The molecular weight excluding hydrogens is 514 g/mol. The second-order valence-corrected chi connectivity index (χ2v) is 10.8. The SMILES string of the molecule is CC(C)CC(NC(=O)C(N)Cc1cnc[nH]1)C(=O)NC(Cc1c[nH]c2ccccc12)C(=O)NC(C(=O)O)C(C)C. The molecule has 3 aromatic rings. The maximum atomic E-state index is 13.5. The van der Waals surface area contributed by atoms with Gasteiger partial charge in [-0.3, -0.25) is 14.4 Å². The number of carbonyl (C=O) groups is 4. The number of aromatic nitrogens is 3. The zero-order chi connectivity index (χ0) is 29.4. The minimum absolute atomic E-state index is 0.0399. The molecule has 0 fully saturated rings. The summed E-state index contributed by atoms with van der Waals surface area (Å²) < 4.78 is 0. The molecule has 12 heteroatoms. The van der Waals surface area contributed by atoms with E-state index in [1.54, 1.807) is 26.2 Å². The van der Waals surface area contributed by atoms with E-state index in [1.165, 1.54) is 6.33 Å². The fraction of sp³-hybridized carbons (Fsp3) is 0.464. The fourth-order valence-electron chi connectivity index (χ4n) is 4.48. The fourth-order valence-corrected chi connectivity index (χ4v) is 4.48. The van der Waals surface area contributed by atoms with Crippen molar-refractivity contribution >= 4 is 34.6 Å². The Kier molecular flexibility index (Phi) is 10.4. The lowest BCUT2D eigenvalue weighted by Crippen LogP contribution is -2.58. The Morgan fingerprint density at radius 2 is 1.60 bits per heavy atom. The monoisotopic (exact) mass is 553 g/mol. The van der Waals surface area contributed by atoms with Gasteiger partial charge in [0, 0.05) is 41.8 Å². The van der Waals surface area contributed by atoms with Crippen LogP contribution in [0, 0.1) is 11.8 Å². The topological polar surface area (TPSA) is 195 Å². The van der Waals surface area contributed by atoms with Crippen LogP contribution in [0.2, 0.25) is 0 Å². The van der Waals surface area contributed by atoms with Gasteiger partial charge in [-0.25, -0.2) is 9.78 Å². The van der Waals surface area contributed by atoms with Crippen molar-refractivity contribution in [2.75, 3.05) is 0 Å². The summed E-state index contributed by atoms with van der Waals surface area (Å²) in [6.45, 7) is 7.19. The van der Waals surface area contributed by atoms with Crippen molar-refractivity contribution in [3.05, 3.63) is 54.2 Å². The molecule has 12 nitrogen and oxygen atoms in total. The van der Waals surface area contributed by atoms with Crippen LogP contribution in [0.3, 0.4) is 0 Å². The second-order valence-electron chi connectivity index (χ2n) is 10.8. The molecule has 216 valence electrons. The van der Waals surface area contributed by atoms with Gasteiger partial charge in [0.2, 0.25) is 17.7 Å². The lowest BCUT2D eigenvalue weighted by atomic mass is 9.99. The molecule has 8 N–H and O–H groups in total. The van der Waals surface area contributed by atoms with E-state index in [4.69, 9.17) is 5.73 Å². The number of carboxylic acids is 1. The lowest BCUT2D eigenvalue weighted by Gasteiger charge is -2.26. The van der Waals surface area contributed by atoms with Gasteiger partial charge in [0.1, 0.15) is 18.1 Å². The number of aliphatic carboxylic acids is 1. The second kappa shape index (κ2) is 13.7. The Morgan fingerprint density at radius 3 is 2.23 bits per heavy atom. The Balaban J connectivity index is 1.82. The highest BCUT2D eigenvalue weighted by molar-refractivity contribution is 5.95. The average Bonchev–Trinajstić information content (AvgIpc) is 3.55. The first-order chi connectivity index (χ1) is 19.0. The molecule has 0 aliphatic rings. The van der Waals surface area contributed by atoms with E-state index in [-0.39, 0.29) is 24.7 Å². The molecule has 0 saturated heterocycles. The molecule has 0 saturated carbocycles. The van der Waals surface area contributed by atoms with Crippen LogP contribution in [-0.2, 0) is 32.0 Å². The number of hydrogen-bond acceptors (Lipinski definition) is 6. The van der Waals surface area contributed by atoms with Gasteiger partial charge in [-0.15, -0.1) is 0 Å². The number of para-hydroxylation sites is 1. The molecule has 4 unspecified atom stereocenters. The van der Waals surface area contributed by atoms with Crippen LogP contribution in [0.5, 0.6) is 0 Å². The molecule has 4 atom stereocenters. The van der Waals surface area contributed by atoms with E-state index >= 15 is 0 Å². The number of H-pyrrole nitrogens is 2. The molecule has 0 aliphatic carbocycles. The van der Waals surface area contributed by atoms with Gasteiger partial charge >= 0.3 is 5.97 Å². The molecule has 3 amide bonds. The molecule has 0 radical (unpaired) electrons. The maximum Gasteiger partial charge on any atom is 0.326 e. The highest BCUT2D eigenvalue weighted by atomic mass is 16.4. The van der Waals surface area contributed by atoms with Crippen LogP contribution in [0.25, 0.3) is 10.9 Å². The first-order valence-corrected chi connectivity index (χ1v) is 13.4. The third kappa shape index (κ3) is 8.15. The summed E-state index contributed by atoms with van der Waals surface area (Å²) in [4.78, 5) is 61.5. The minimum atomic E-state index is -1.17. The van der Waals surface area contributed by atoms with Gasteiger partial charge in [0.05, 0.1) is 12.4 Å². The first-order valence-electron chi connectivity index (χ1n) is 13.4. The summed E-state index contributed by atoms with van der Waals surface area (Å²) in [6, 6.07) is 3.42. The molecule has 2 aromatic heterocycles. The number of nitrogens with two attached hydrogens (primary N) is 1. The number of imidazole rings is 1. The summed E-state index contributed by atoms with van der Waals surface area (Å²) in [5.41, 5.74) is 8.40. The predicted molar refractivity (Wildman–Crippen MR) is 150 cm³/mol. The third-order valence-corrected chi connectivity index (χ3v) is 6.63. The number of carboxylic acid groups (broad SMARTS) is 1. The van der Waals surface area contributed by atoms with Gasteiger partial charge in [-0.1, -0.05) is 45.9 Å². The number of hydrogen-bond donors (Lipinski definition) is 7. The summed E-state index contributed by atoms with van der Waals surface area (Å²) in [7, 11) is 0. The molecule has 1 aromatic carbocycles. The molecule has 40 heavy (non-hydrogen) atoms. The number of aromatic amines is 2. The van der Waals surface area contributed by atoms with E-state index in [0.29, 0.717) is 12.1 Å². The highest BCUT2D eigenvalue weighted by Crippen LogP contribution is 2.20. The maximum absolute atomic E-state index is 13.5. The molecule has 0 bridgehead atoms. The van der Waals surface area contributed by atoms with Crippen molar-refractivity contribution < 1.29 is 24.3 Å². The Labute approximate surface area is 232 Å². The Hall–Kier alpha value is -4.19. The number of carbonyl (C=O) groups excluding carboxylic acids is 3.